The minimum absolute atomic E-state index is 0.0221. The van der Waals surface area contributed by atoms with Gasteiger partial charge in [-0.1, -0.05) is 30.2 Å². The molecule has 1 N–H and O–H groups in total. The number of rotatable bonds is 11. The summed E-state index contributed by atoms with van der Waals surface area (Å²) in [5, 5.41) is 9.88. The number of aliphatic hydroxyl groups is 1. The van der Waals surface area contributed by atoms with Crippen LogP contribution in [0.2, 0.25) is 0 Å². The number of carbonyl (C=O) groups excluding carboxylic acids is 1. The first-order chi connectivity index (χ1) is 13.9. The fraction of sp³-hybridized carbons (Fsp3) is 0.480. The van der Waals surface area contributed by atoms with Crippen LogP contribution in [0.4, 0.5) is 0 Å². The summed E-state index contributed by atoms with van der Waals surface area (Å²) in [7, 11) is 0. The maximum absolute atomic E-state index is 11.4. The number of carbonyl (C=O) groups is 1. The van der Waals surface area contributed by atoms with Crippen molar-refractivity contribution in [1.29, 1.82) is 0 Å². The lowest BCUT2D eigenvalue weighted by Gasteiger charge is -2.08. The van der Waals surface area contributed by atoms with Gasteiger partial charge >= 0.3 is 5.97 Å². The molecule has 0 saturated carbocycles. The van der Waals surface area contributed by atoms with Gasteiger partial charge < -0.3 is 14.3 Å². The van der Waals surface area contributed by atoms with E-state index in [0.29, 0.717) is 5.76 Å². The highest BCUT2D eigenvalue weighted by atomic mass is 16.6. The molecule has 1 aliphatic rings. The van der Waals surface area contributed by atoms with Crippen molar-refractivity contribution < 1.29 is 19.1 Å². The van der Waals surface area contributed by atoms with Crippen molar-refractivity contribution >= 4 is 5.97 Å². The Bertz CT molecular complexity index is 791. The molecule has 0 amide bonds. The highest BCUT2D eigenvalue weighted by Gasteiger charge is 2.26. The molecule has 0 fully saturated rings. The number of furan rings is 1. The molecule has 0 aliphatic carbocycles. The molecule has 1 aromatic rings. The van der Waals surface area contributed by atoms with E-state index in [0.717, 1.165) is 44.9 Å². The topological polar surface area (TPSA) is 59.7 Å². The smallest absolute Gasteiger partial charge is 0.343 e. The Labute approximate surface area is 174 Å². The summed E-state index contributed by atoms with van der Waals surface area (Å²) >= 11 is 0. The molecule has 0 aromatic carbocycles. The first-order valence-corrected chi connectivity index (χ1v) is 10.5. The minimum Gasteiger partial charge on any atom is -0.504 e. The Kier molecular flexibility index (Phi) is 9.04. The van der Waals surface area contributed by atoms with Gasteiger partial charge in [-0.05, 0) is 89.3 Å². The largest absolute Gasteiger partial charge is 0.504 e. The van der Waals surface area contributed by atoms with Crippen LogP contribution in [-0.2, 0) is 16.0 Å². The molecule has 0 spiro atoms. The van der Waals surface area contributed by atoms with Crippen molar-refractivity contribution in [2.24, 2.45) is 5.92 Å². The first kappa shape index (κ1) is 22.8. The van der Waals surface area contributed by atoms with Crippen LogP contribution in [0.25, 0.3) is 0 Å². The number of allylic oxidation sites excluding steroid dienone is 5. The number of ether oxygens (including phenoxy) is 1. The van der Waals surface area contributed by atoms with Gasteiger partial charge in [0, 0.05) is 0 Å². The van der Waals surface area contributed by atoms with Crippen LogP contribution in [0.3, 0.4) is 0 Å². The van der Waals surface area contributed by atoms with Crippen LogP contribution in [0, 0.1) is 5.92 Å². The van der Waals surface area contributed by atoms with Crippen LogP contribution in [0.5, 0.6) is 0 Å². The van der Waals surface area contributed by atoms with Gasteiger partial charge in [0.1, 0.15) is 0 Å². The molecular weight excluding hydrogens is 364 g/mol. The van der Waals surface area contributed by atoms with Gasteiger partial charge in [0.2, 0.25) is 0 Å². The highest BCUT2D eigenvalue weighted by molar-refractivity contribution is 5.93. The van der Waals surface area contributed by atoms with E-state index in [1.807, 2.05) is 18.4 Å². The average molecular weight is 399 g/mol. The second kappa shape index (κ2) is 11.5. The van der Waals surface area contributed by atoms with Crippen molar-refractivity contribution in [3.8, 4) is 0 Å². The second-order valence-corrected chi connectivity index (χ2v) is 8.07. The maximum atomic E-state index is 11.4. The van der Waals surface area contributed by atoms with Crippen LogP contribution < -0.4 is 0 Å². The first-order valence-electron chi connectivity index (χ1n) is 10.5. The van der Waals surface area contributed by atoms with Gasteiger partial charge in [0.15, 0.2) is 11.5 Å². The Balaban J connectivity index is 1.63. The molecule has 1 atom stereocenters. The molecule has 1 aromatic heterocycles. The molecule has 1 aliphatic heterocycles. The molecular formula is C25H34O4. The van der Waals surface area contributed by atoms with Gasteiger partial charge in [-0.25, -0.2) is 4.79 Å². The minimum atomic E-state index is -0.453. The van der Waals surface area contributed by atoms with Crippen molar-refractivity contribution in [3.05, 3.63) is 70.6 Å². The van der Waals surface area contributed by atoms with Crippen molar-refractivity contribution in [3.63, 3.8) is 0 Å². The van der Waals surface area contributed by atoms with Gasteiger partial charge in [-0.2, -0.15) is 0 Å². The molecule has 158 valence electrons. The number of hydrogen-bond donors (Lipinski definition) is 1. The van der Waals surface area contributed by atoms with Crippen molar-refractivity contribution in [2.45, 2.75) is 72.6 Å². The number of cyclic esters (lactones) is 1. The summed E-state index contributed by atoms with van der Waals surface area (Å²) in [6, 6.07) is 2.02. The standard InChI is InChI=1S/C25H34O4/c1-18(8-5-9-19(2)11-7-13-22-14-15-28-17-22)10-6-12-20(3)16-23-24(26)21(4)25(27)29-23/h8,11,14-17,20,26H,5-7,9-10,12-13H2,1-4H3/b18-8-,19-11-,23-16-/t20-/m1/s1. The predicted octanol–water partition coefficient (Wildman–Crippen LogP) is 6.96. The molecule has 29 heavy (non-hydrogen) atoms. The summed E-state index contributed by atoms with van der Waals surface area (Å²) in [5.41, 5.74) is 4.39. The number of aryl methyl sites for hydroxylation is 1. The van der Waals surface area contributed by atoms with E-state index in [-0.39, 0.29) is 17.3 Å². The molecule has 4 nitrogen and oxygen atoms in total. The van der Waals surface area contributed by atoms with E-state index < -0.39 is 5.97 Å². The van der Waals surface area contributed by atoms with Gasteiger partial charge in [-0.3, -0.25) is 0 Å². The van der Waals surface area contributed by atoms with E-state index in [4.69, 9.17) is 9.15 Å². The average Bonchev–Trinajstić information content (AvgIpc) is 3.27. The zero-order valence-electron chi connectivity index (χ0n) is 18.2. The lowest BCUT2D eigenvalue weighted by Crippen LogP contribution is -1.97. The molecule has 0 saturated heterocycles. The molecule has 0 radical (unpaired) electrons. The van der Waals surface area contributed by atoms with E-state index in [9.17, 15) is 9.90 Å². The Morgan fingerprint density at radius 3 is 2.55 bits per heavy atom. The van der Waals surface area contributed by atoms with Crippen LogP contribution in [0.15, 0.2) is 69.5 Å². The molecule has 0 unspecified atom stereocenters. The van der Waals surface area contributed by atoms with Gasteiger partial charge in [-0.15, -0.1) is 0 Å². The monoisotopic (exact) mass is 398 g/mol. The third kappa shape index (κ3) is 7.80. The van der Waals surface area contributed by atoms with E-state index in [1.54, 1.807) is 13.2 Å². The normalized spacial score (nSPS) is 17.9. The third-order valence-corrected chi connectivity index (χ3v) is 5.30. The van der Waals surface area contributed by atoms with Crippen molar-refractivity contribution in [2.75, 3.05) is 0 Å². The zero-order chi connectivity index (χ0) is 21.2. The Morgan fingerprint density at radius 2 is 1.90 bits per heavy atom. The van der Waals surface area contributed by atoms with E-state index in [1.165, 1.54) is 16.7 Å². The molecule has 2 heterocycles. The summed E-state index contributed by atoms with van der Waals surface area (Å²) < 4.78 is 10.2. The summed E-state index contributed by atoms with van der Waals surface area (Å²) in [6.07, 6.45) is 17.4. The number of hydrogen-bond acceptors (Lipinski definition) is 4. The lowest BCUT2D eigenvalue weighted by molar-refractivity contribution is -0.133. The van der Waals surface area contributed by atoms with E-state index >= 15 is 0 Å². The van der Waals surface area contributed by atoms with Crippen LogP contribution >= 0.6 is 0 Å². The molecule has 2 rings (SSSR count). The Hall–Kier alpha value is -2.49. The third-order valence-electron chi connectivity index (χ3n) is 5.30. The molecule has 0 bridgehead atoms. The highest BCUT2D eigenvalue weighted by Crippen LogP contribution is 2.26. The van der Waals surface area contributed by atoms with Crippen molar-refractivity contribution in [1.82, 2.24) is 0 Å². The lowest BCUT2D eigenvalue weighted by atomic mass is 9.99. The number of aliphatic hydroxyl groups excluding tert-OH is 1. The molecule has 4 heteroatoms. The quantitative estimate of drug-likeness (QED) is 0.323. The second-order valence-electron chi connectivity index (χ2n) is 8.07. The Morgan fingerprint density at radius 1 is 1.17 bits per heavy atom. The maximum Gasteiger partial charge on any atom is 0.343 e. The SMILES string of the molecule is CC1=C(O)/C(=C/[C@H](C)CCC/C(C)=C\CC/C(C)=C\CCc2ccoc2)OC1=O. The summed E-state index contributed by atoms with van der Waals surface area (Å²) in [4.78, 5) is 11.4. The van der Waals surface area contributed by atoms with Crippen LogP contribution in [0.1, 0.15) is 71.8 Å². The number of esters is 1. The fourth-order valence-electron chi connectivity index (χ4n) is 3.33. The summed E-state index contributed by atoms with van der Waals surface area (Å²) in [5.74, 6) is 0.0815. The van der Waals surface area contributed by atoms with Crippen LogP contribution in [-0.4, -0.2) is 11.1 Å². The zero-order valence-corrected chi connectivity index (χ0v) is 18.2. The van der Waals surface area contributed by atoms with E-state index in [2.05, 4.69) is 32.9 Å². The fourth-order valence-corrected chi connectivity index (χ4v) is 3.33. The van der Waals surface area contributed by atoms with Gasteiger partial charge in [0.25, 0.3) is 0 Å². The predicted molar refractivity (Wildman–Crippen MR) is 116 cm³/mol. The summed E-state index contributed by atoms with van der Waals surface area (Å²) in [6.45, 7) is 8.05. The van der Waals surface area contributed by atoms with Gasteiger partial charge in [0.05, 0.1) is 18.1 Å².